The molecule has 1 aromatic carbocycles. The molecule has 8 heteroatoms. The number of methoxy groups -OCH3 is 1. The lowest BCUT2D eigenvalue weighted by Gasteiger charge is -2.03. The van der Waals surface area contributed by atoms with Gasteiger partial charge in [0.15, 0.2) is 16.7 Å². The van der Waals surface area contributed by atoms with Gasteiger partial charge in [0.1, 0.15) is 11.3 Å². The van der Waals surface area contributed by atoms with E-state index in [1.807, 2.05) is 12.1 Å². The van der Waals surface area contributed by atoms with Crippen LogP contribution in [0, 0.1) is 0 Å². The minimum absolute atomic E-state index is 0.348. The van der Waals surface area contributed by atoms with Gasteiger partial charge in [-0.25, -0.2) is 9.78 Å². The molecule has 1 atom stereocenters. The first kappa shape index (κ1) is 15.8. The van der Waals surface area contributed by atoms with Gasteiger partial charge in [-0.3, -0.25) is 4.99 Å². The number of esters is 1. The number of carbonyl (C=O) groups excluding carboxylic acids is 1. The lowest BCUT2D eigenvalue weighted by molar-refractivity contribution is -0.141. The molecule has 23 heavy (non-hydrogen) atoms. The number of rotatable bonds is 6. The monoisotopic (exact) mass is 335 g/mol. The molecule has 0 spiro atoms. The maximum atomic E-state index is 11.5. The van der Waals surface area contributed by atoms with Gasteiger partial charge in [-0.1, -0.05) is 11.8 Å². The van der Waals surface area contributed by atoms with Gasteiger partial charge < -0.3 is 19.6 Å². The van der Waals surface area contributed by atoms with E-state index in [1.54, 1.807) is 6.07 Å². The van der Waals surface area contributed by atoms with Crippen molar-refractivity contribution in [1.82, 2.24) is 4.98 Å². The largest absolute Gasteiger partial charge is 0.493 e. The second-order valence-electron chi connectivity index (χ2n) is 4.92. The Morgan fingerprint density at radius 2 is 2.39 bits per heavy atom. The minimum Gasteiger partial charge on any atom is -0.493 e. The molecule has 0 radical (unpaired) electrons. The van der Waals surface area contributed by atoms with E-state index in [4.69, 9.17) is 19.6 Å². The van der Waals surface area contributed by atoms with Crippen LogP contribution in [0.5, 0.6) is 5.75 Å². The highest BCUT2D eigenvalue weighted by atomic mass is 32.2. The van der Waals surface area contributed by atoms with Crippen molar-refractivity contribution >= 4 is 33.9 Å². The predicted molar refractivity (Wildman–Crippen MR) is 88.0 cm³/mol. The lowest BCUT2D eigenvalue weighted by atomic mass is 10.3. The van der Waals surface area contributed by atoms with E-state index in [0.717, 1.165) is 11.9 Å². The fraction of sp³-hybridized carbons (Fsp3) is 0.400. The number of carbonyl (C=O) groups is 1. The number of thioether (sulfide) groups is 1. The summed E-state index contributed by atoms with van der Waals surface area (Å²) in [7, 11) is 1.35. The first-order chi connectivity index (χ1) is 11.2. The highest BCUT2D eigenvalue weighted by Gasteiger charge is 2.28. The van der Waals surface area contributed by atoms with Crippen LogP contribution in [0.4, 0.5) is 0 Å². The Kier molecular flexibility index (Phi) is 4.82. The summed E-state index contributed by atoms with van der Waals surface area (Å²) < 4.78 is 16.0. The number of oxazole rings is 1. The number of benzene rings is 1. The molecule has 1 aromatic heterocycles. The topological polar surface area (TPSA) is 99.9 Å². The summed E-state index contributed by atoms with van der Waals surface area (Å²) in [5.41, 5.74) is 6.78. The van der Waals surface area contributed by atoms with Gasteiger partial charge in [0.2, 0.25) is 0 Å². The van der Waals surface area contributed by atoms with Crippen molar-refractivity contribution in [2.24, 2.45) is 10.7 Å². The number of ether oxygens (including phenoxy) is 2. The average molecular weight is 335 g/mol. The normalized spacial score (nSPS) is 17.3. The third kappa shape index (κ3) is 3.48. The highest BCUT2D eigenvalue weighted by Crippen LogP contribution is 2.28. The van der Waals surface area contributed by atoms with Gasteiger partial charge in [-0.15, -0.1) is 0 Å². The molecule has 1 aliphatic heterocycles. The molecule has 0 bridgehead atoms. The maximum Gasteiger partial charge on any atom is 0.331 e. The molecule has 0 saturated heterocycles. The van der Waals surface area contributed by atoms with Gasteiger partial charge in [0, 0.05) is 11.8 Å². The van der Waals surface area contributed by atoms with Crippen LogP contribution >= 0.6 is 11.8 Å². The van der Waals surface area contributed by atoms with Crippen molar-refractivity contribution in [3.05, 3.63) is 24.1 Å². The fourth-order valence-electron chi connectivity index (χ4n) is 2.11. The highest BCUT2D eigenvalue weighted by molar-refractivity contribution is 8.14. The molecule has 0 saturated carbocycles. The maximum absolute atomic E-state index is 11.5. The van der Waals surface area contributed by atoms with E-state index in [-0.39, 0.29) is 5.97 Å². The summed E-state index contributed by atoms with van der Waals surface area (Å²) in [6.07, 6.45) is 0.794. The number of aromatic nitrogens is 1. The predicted octanol–water partition coefficient (Wildman–Crippen LogP) is 1.59. The molecule has 2 aromatic rings. The fourth-order valence-corrected chi connectivity index (χ4v) is 3.05. The molecule has 1 unspecified atom stereocenters. The summed E-state index contributed by atoms with van der Waals surface area (Å²) in [6, 6.07) is 4.97. The molecule has 1 aliphatic rings. The number of nitrogens with two attached hydrogens (primary N) is 1. The van der Waals surface area contributed by atoms with E-state index >= 15 is 0 Å². The van der Waals surface area contributed by atoms with Crippen molar-refractivity contribution in [3.63, 3.8) is 0 Å². The van der Waals surface area contributed by atoms with Crippen LogP contribution in [0.2, 0.25) is 0 Å². The summed E-state index contributed by atoms with van der Waals surface area (Å²) in [5, 5.41) is 0.613. The Morgan fingerprint density at radius 1 is 1.52 bits per heavy atom. The number of fused-ring (bicyclic) bond motifs is 1. The minimum atomic E-state index is -0.495. The SMILES string of the molecule is COC(=O)C1CSC(c2nc3ccc(OCCCN)cc3o2)=N1. The molecule has 2 N–H and O–H groups in total. The molecular weight excluding hydrogens is 318 g/mol. The Bertz CT molecular complexity index is 743. The first-order valence-electron chi connectivity index (χ1n) is 7.23. The number of nitrogens with zero attached hydrogens (tertiary/aromatic N) is 2. The molecule has 2 heterocycles. The first-order valence-corrected chi connectivity index (χ1v) is 8.22. The van der Waals surface area contributed by atoms with Crippen LogP contribution in [0.3, 0.4) is 0 Å². The smallest absolute Gasteiger partial charge is 0.331 e. The van der Waals surface area contributed by atoms with Crippen LogP contribution in [-0.2, 0) is 9.53 Å². The Hall–Kier alpha value is -2.06. The Labute approximate surface area is 137 Å². The zero-order chi connectivity index (χ0) is 16.2. The lowest BCUT2D eigenvalue weighted by Crippen LogP contribution is -2.19. The second kappa shape index (κ2) is 7.01. The molecule has 122 valence electrons. The molecule has 7 nitrogen and oxygen atoms in total. The third-order valence-electron chi connectivity index (χ3n) is 3.28. The van der Waals surface area contributed by atoms with E-state index in [0.29, 0.717) is 41.2 Å². The van der Waals surface area contributed by atoms with Crippen LogP contribution in [0.1, 0.15) is 12.3 Å². The van der Waals surface area contributed by atoms with Crippen LogP contribution in [-0.4, -0.2) is 48.1 Å². The van der Waals surface area contributed by atoms with Gasteiger partial charge in [-0.05, 0) is 25.1 Å². The Morgan fingerprint density at radius 3 is 3.17 bits per heavy atom. The van der Waals surface area contributed by atoms with Crippen LogP contribution < -0.4 is 10.5 Å². The van der Waals surface area contributed by atoms with Crippen LogP contribution in [0.25, 0.3) is 11.1 Å². The Balaban J connectivity index is 1.79. The van der Waals surface area contributed by atoms with E-state index in [1.165, 1.54) is 18.9 Å². The summed E-state index contributed by atoms with van der Waals surface area (Å²) in [5.74, 6) is 1.31. The summed E-state index contributed by atoms with van der Waals surface area (Å²) >= 11 is 1.43. The van der Waals surface area contributed by atoms with Gasteiger partial charge >= 0.3 is 5.97 Å². The average Bonchev–Trinajstić information content (AvgIpc) is 3.20. The third-order valence-corrected chi connectivity index (χ3v) is 4.32. The van der Waals surface area contributed by atoms with Crippen LogP contribution in [0.15, 0.2) is 27.6 Å². The molecule has 0 aliphatic carbocycles. The van der Waals surface area contributed by atoms with Crippen molar-refractivity contribution in [2.75, 3.05) is 26.0 Å². The molecule has 0 fully saturated rings. The molecule has 3 rings (SSSR count). The number of hydrogen-bond acceptors (Lipinski definition) is 8. The molecule has 0 amide bonds. The van der Waals surface area contributed by atoms with Crippen molar-refractivity contribution in [3.8, 4) is 5.75 Å². The summed E-state index contributed by atoms with van der Waals surface area (Å²) in [6.45, 7) is 1.15. The quantitative estimate of drug-likeness (QED) is 0.632. The molecular formula is C15H17N3O4S. The van der Waals surface area contributed by atoms with Crippen molar-refractivity contribution in [1.29, 1.82) is 0 Å². The van der Waals surface area contributed by atoms with Crippen molar-refractivity contribution in [2.45, 2.75) is 12.5 Å². The number of aliphatic imine (C=N–C) groups is 1. The van der Waals surface area contributed by atoms with Crippen molar-refractivity contribution < 1.29 is 18.7 Å². The van der Waals surface area contributed by atoms with Gasteiger partial charge in [0.05, 0.1) is 13.7 Å². The zero-order valence-corrected chi connectivity index (χ0v) is 13.5. The number of hydrogen-bond donors (Lipinski definition) is 1. The second-order valence-corrected chi connectivity index (χ2v) is 5.93. The standard InChI is InChI=1S/C15H17N3O4S/c1-20-15(19)11-8-23-14(18-11)13-17-10-4-3-9(7-12(10)22-13)21-6-2-5-16/h3-4,7,11H,2,5-6,8,16H2,1H3. The zero-order valence-electron chi connectivity index (χ0n) is 12.7. The van der Waals surface area contributed by atoms with Gasteiger partial charge in [-0.2, -0.15) is 0 Å². The van der Waals surface area contributed by atoms with E-state index in [9.17, 15) is 4.79 Å². The van der Waals surface area contributed by atoms with Gasteiger partial charge in [0.25, 0.3) is 5.89 Å². The summed E-state index contributed by atoms with van der Waals surface area (Å²) in [4.78, 5) is 20.2. The van der Waals surface area contributed by atoms with E-state index < -0.39 is 6.04 Å². The van der Waals surface area contributed by atoms with E-state index in [2.05, 4.69) is 9.98 Å².